The topological polar surface area (TPSA) is 87.6 Å². The highest BCUT2D eigenvalue weighted by Crippen LogP contribution is 2.25. The number of pyridine rings is 2. The highest BCUT2D eigenvalue weighted by molar-refractivity contribution is 5.93. The molecule has 2 heterocycles. The third-order valence-corrected chi connectivity index (χ3v) is 4.06. The summed E-state index contributed by atoms with van der Waals surface area (Å²) in [6.07, 6.45) is 3.46. The Balaban J connectivity index is 1.91. The molecule has 2 N–H and O–H groups in total. The molecule has 138 valence electrons. The van der Waals surface area contributed by atoms with Crippen molar-refractivity contribution in [2.75, 3.05) is 12.0 Å². The first-order chi connectivity index (χ1) is 13.1. The molecule has 0 fully saturated rings. The smallest absolute Gasteiger partial charge is 0.274 e. The zero-order valence-corrected chi connectivity index (χ0v) is 15.1. The van der Waals surface area contributed by atoms with Crippen LogP contribution in [0.5, 0.6) is 5.75 Å². The van der Waals surface area contributed by atoms with E-state index in [2.05, 4.69) is 9.97 Å². The van der Waals surface area contributed by atoms with E-state index in [1.807, 2.05) is 48.2 Å². The number of ether oxygens (including phenoxy) is 1. The molecule has 1 amide bonds. The predicted molar refractivity (Wildman–Crippen MR) is 101 cm³/mol. The van der Waals surface area contributed by atoms with Gasteiger partial charge in [-0.15, -0.1) is 0 Å². The molecule has 27 heavy (non-hydrogen) atoms. The van der Waals surface area contributed by atoms with Crippen LogP contribution in [-0.4, -0.2) is 28.2 Å². The van der Waals surface area contributed by atoms with Gasteiger partial charge >= 0.3 is 0 Å². The lowest BCUT2D eigenvalue weighted by molar-refractivity contribution is 0.0706. The van der Waals surface area contributed by atoms with E-state index < -0.39 is 5.91 Å². The fourth-order valence-corrected chi connectivity index (χ4v) is 2.56. The molecular weight excluding hydrogens is 344 g/mol. The Hall–Kier alpha value is -3.45. The first kappa shape index (κ1) is 18.3. The number of carbonyl (C=O) groups is 1. The monoisotopic (exact) mass is 364 g/mol. The van der Waals surface area contributed by atoms with Gasteiger partial charge in [-0.1, -0.05) is 18.2 Å². The molecule has 0 aliphatic heterocycles. The average Bonchev–Trinajstić information content (AvgIpc) is 2.73. The number of methoxy groups -OCH3 is 1. The second-order valence-corrected chi connectivity index (χ2v) is 5.97. The van der Waals surface area contributed by atoms with E-state index >= 15 is 0 Å². The number of nitrogens with zero attached hydrogens (tertiary/aromatic N) is 3. The minimum absolute atomic E-state index is 0.379. The molecule has 0 radical (unpaired) electrons. The van der Waals surface area contributed by atoms with Gasteiger partial charge in [0.05, 0.1) is 19.9 Å². The molecule has 1 aromatic carbocycles. The Morgan fingerprint density at radius 2 is 1.70 bits per heavy atom. The van der Waals surface area contributed by atoms with E-state index in [9.17, 15) is 4.79 Å². The van der Waals surface area contributed by atoms with E-state index in [0.717, 1.165) is 22.8 Å². The van der Waals surface area contributed by atoms with Crippen molar-refractivity contribution in [2.24, 2.45) is 0 Å². The molecule has 7 heteroatoms. The number of aryl methyl sites for hydroxylation is 1. The van der Waals surface area contributed by atoms with Crippen LogP contribution in [0.4, 0.5) is 11.6 Å². The first-order valence-corrected chi connectivity index (χ1v) is 8.34. The van der Waals surface area contributed by atoms with Crippen LogP contribution in [0, 0.1) is 6.92 Å². The van der Waals surface area contributed by atoms with Gasteiger partial charge in [0.2, 0.25) is 0 Å². The third-order valence-electron chi connectivity index (χ3n) is 4.06. The minimum Gasteiger partial charge on any atom is -0.495 e. The summed E-state index contributed by atoms with van der Waals surface area (Å²) < 4.78 is 5.18. The molecule has 0 atom stereocenters. The average molecular weight is 364 g/mol. The number of amides is 1. The van der Waals surface area contributed by atoms with E-state index in [-0.39, 0.29) is 0 Å². The van der Waals surface area contributed by atoms with Gasteiger partial charge in [0.1, 0.15) is 17.4 Å². The number of hydrogen-bond acceptors (Lipinski definition) is 6. The van der Waals surface area contributed by atoms with Crippen LogP contribution in [0.1, 0.15) is 21.5 Å². The second kappa shape index (κ2) is 8.29. The van der Waals surface area contributed by atoms with Crippen molar-refractivity contribution in [3.63, 3.8) is 0 Å². The minimum atomic E-state index is -0.546. The van der Waals surface area contributed by atoms with E-state index in [0.29, 0.717) is 17.9 Å². The van der Waals surface area contributed by atoms with Crippen molar-refractivity contribution in [3.8, 4) is 5.75 Å². The Labute approximate surface area is 157 Å². The van der Waals surface area contributed by atoms with Crippen molar-refractivity contribution in [2.45, 2.75) is 13.5 Å². The highest BCUT2D eigenvalue weighted by Gasteiger charge is 2.14. The maximum atomic E-state index is 11.5. The molecule has 3 rings (SSSR count). The Kier molecular flexibility index (Phi) is 5.63. The lowest BCUT2D eigenvalue weighted by Crippen LogP contribution is -2.20. The van der Waals surface area contributed by atoms with Crippen molar-refractivity contribution in [1.29, 1.82) is 0 Å². The van der Waals surface area contributed by atoms with Gasteiger partial charge in [-0.05, 0) is 48.4 Å². The summed E-state index contributed by atoms with van der Waals surface area (Å²) in [6, 6.07) is 14.6. The van der Waals surface area contributed by atoms with Gasteiger partial charge in [-0.2, -0.15) is 0 Å². The van der Waals surface area contributed by atoms with Gasteiger partial charge in [0.25, 0.3) is 5.91 Å². The van der Waals surface area contributed by atoms with Crippen molar-refractivity contribution in [3.05, 3.63) is 77.6 Å². The lowest BCUT2D eigenvalue weighted by atomic mass is 10.1. The standard InChI is InChI=1S/C20H20N4O3/c1-14-3-9-18(21-11-14)24(19-10-8-17(27-2)12-22-19)13-15-4-6-16(7-5-15)20(25)23-26/h3-12,26H,13H2,1-2H3,(H,23,25). The molecule has 2 aromatic heterocycles. The number of rotatable bonds is 6. The number of hydroxylamine groups is 1. The summed E-state index contributed by atoms with van der Waals surface area (Å²) in [7, 11) is 1.60. The Morgan fingerprint density at radius 3 is 2.22 bits per heavy atom. The van der Waals surface area contributed by atoms with Crippen LogP contribution in [0.15, 0.2) is 60.9 Å². The summed E-state index contributed by atoms with van der Waals surface area (Å²) in [6.45, 7) is 2.49. The van der Waals surface area contributed by atoms with Gasteiger partial charge < -0.3 is 9.64 Å². The molecule has 0 aliphatic carbocycles. The van der Waals surface area contributed by atoms with Crippen LogP contribution < -0.4 is 15.1 Å². The van der Waals surface area contributed by atoms with Crippen LogP contribution in [-0.2, 0) is 6.54 Å². The molecule has 0 unspecified atom stereocenters. The molecule has 0 saturated heterocycles. The number of benzene rings is 1. The number of carbonyl (C=O) groups excluding carboxylic acids is 1. The van der Waals surface area contributed by atoms with Gasteiger partial charge in [-0.3, -0.25) is 10.0 Å². The molecule has 7 nitrogen and oxygen atoms in total. The summed E-state index contributed by atoms with van der Waals surface area (Å²) >= 11 is 0. The molecule has 0 bridgehead atoms. The molecule has 0 aliphatic rings. The van der Waals surface area contributed by atoms with Gasteiger partial charge in [0.15, 0.2) is 0 Å². The van der Waals surface area contributed by atoms with Crippen LogP contribution in [0.25, 0.3) is 0 Å². The summed E-state index contributed by atoms with van der Waals surface area (Å²) in [5, 5.41) is 8.73. The zero-order valence-electron chi connectivity index (χ0n) is 15.1. The fraction of sp³-hybridized carbons (Fsp3) is 0.150. The van der Waals surface area contributed by atoms with Gasteiger partial charge in [-0.25, -0.2) is 15.4 Å². The second-order valence-electron chi connectivity index (χ2n) is 5.97. The Bertz CT molecular complexity index is 894. The van der Waals surface area contributed by atoms with Crippen LogP contribution in [0.2, 0.25) is 0 Å². The Morgan fingerprint density at radius 1 is 1.04 bits per heavy atom. The fourth-order valence-electron chi connectivity index (χ4n) is 2.56. The molecule has 0 spiro atoms. The maximum absolute atomic E-state index is 11.5. The third kappa shape index (κ3) is 4.39. The van der Waals surface area contributed by atoms with E-state index in [1.54, 1.807) is 37.1 Å². The number of hydrogen-bond donors (Lipinski definition) is 2. The van der Waals surface area contributed by atoms with Crippen molar-refractivity contribution >= 4 is 17.5 Å². The highest BCUT2D eigenvalue weighted by atomic mass is 16.5. The predicted octanol–water partition coefficient (Wildman–Crippen LogP) is 3.25. The maximum Gasteiger partial charge on any atom is 0.274 e. The lowest BCUT2D eigenvalue weighted by Gasteiger charge is -2.23. The van der Waals surface area contributed by atoms with Crippen molar-refractivity contribution in [1.82, 2.24) is 15.4 Å². The van der Waals surface area contributed by atoms with Gasteiger partial charge in [0, 0.05) is 11.8 Å². The summed E-state index contributed by atoms with van der Waals surface area (Å²) in [4.78, 5) is 22.4. The molecular formula is C20H20N4O3. The van der Waals surface area contributed by atoms with E-state index in [4.69, 9.17) is 9.94 Å². The summed E-state index contributed by atoms with van der Waals surface area (Å²) in [5.41, 5.74) is 4.04. The largest absolute Gasteiger partial charge is 0.495 e. The number of nitrogens with one attached hydrogen (secondary N) is 1. The number of aromatic nitrogens is 2. The van der Waals surface area contributed by atoms with Crippen LogP contribution >= 0.6 is 0 Å². The number of anilines is 2. The summed E-state index contributed by atoms with van der Waals surface area (Å²) in [5.74, 6) is 1.62. The SMILES string of the molecule is COc1ccc(N(Cc2ccc(C(=O)NO)cc2)c2ccc(C)cn2)nc1. The molecule has 3 aromatic rings. The van der Waals surface area contributed by atoms with Crippen molar-refractivity contribution < 1.29 is 14.7 Å². The zero-order chi connectivity index (χ0) is 19.2. The first-order valence-electron chi connectivity index (χ1n) is 8.34. The van der Waals surface area contributed by atoms with Crippen LogP contribution in [0.3, 0.4) is 0 Å². The normalized spacial score (nSPS) is 10.3. The van der Waals surface area contributed by atoms with E-state index in [1.165, 1.54) is 0 Å². The quantitative estimate of drug-likeness (QED) is 0.516. The molecule has 0 saturated carbocycles.